The fourth-order valence-electron chi connectivity index (χ4n) is 2.76. The van der Waals surface area contributed by atoms with Crippen molar-refractivity contribution in [1.82, 2.24) is 15.3 Å². The summed E-state index contributed by atoms with van der Waals surface area (Å²) in [6.45, 7) is 3.01. The summed E-state index contributed by atoms with van der Waals surface area (Å²) in [4.78, 5) is 11.1. The predicted octanol–water partition coefficient (Wildman–Crippen LogP) is 0.954. The Bertz CT molecular complexity index is 393. The van der Waals surface area contributed by atoms with Gasteiger partial charge in [0, 0.05) is 50.7 Å². The van der Waals surface area contributed by atoms with Gasteiger partial charge in [-0.05, 0) is 12.8 Å². The Balaban J connectivity index is 1.91. The van der Waals surface area contributed by atoms with Crippen molar-refractivity contribution in [2.75, 3.05) is 38.3 Å². The van der Waals surface area contributed by atoms with Crippen molar-refractivity contribution in [2.24, 2.45) is 0 Å². The maximum Gasteiger partial charge on any atom is 0.225 e. The average Bonchev–Trinajstić information content (AvgIpc) is 3.04. The van der Waals surface area contributed by atoms with Crippen LogP contribution in [0.4, 0.5) is 5.95 Å². The van der Waals surface area contributed by atoms with Crippen LogP contribution in [0.3, 0.4) is 0 Å². The Morgan fingerprint density at radius 2 is 2.05 bits per heavy atom. The van der Waals surface area contributed by atoms with E-state index in [1.165, 1.54) is 25.7 Å². The number of methoxy groups -OCH3 is 1. The molecule has 1 aromatic rings. The summed E-state index contributed by atoms with van der Waals surface area (Å²) in [5.74, 6) is 0.733. The summed E-state index contributed by atoms with van der Waals surface area (Å²) >= 11 is 0. The number of nitrogens with zero attached hydrogens (tertiary/aromatic N) is 3. The van der Waals surface area contributed by atoms with Gasteiger partial charge in [-0.3, -0.25) is 0 Å². The minimum atomic E-state index is 0.139. The molecule has 0 unspecified atom stereocenters. The summed E-state index contributed by atoms with van der Waals surface area (Å²) in [5.41, 5.74) is 1.06. The van der Waals surface area contributed by atoms with Gasteiger partial charge in [-0.25, -0.2) is 9.97 Å². The van der Waals surface area contributed by atoms with Crippen LogP contribution in [0.2, 0.25) is 0 Å². The number of hydrogen-bond acceptors (Lipinski definition) is 6. The summed E-state index contributed by atoms with van der Waals surface area (Å²) in [7, 11) is 1.69. The van der Waals surface area contributed by atoms with Crippen molar-refractivity contribution >= 4 is 5.95 Å². The number of nitrogens with one attached hydrogen (secondary N) is 1. The number of aliphatic hydroxyl groups is 1. The van der Waals surface area contributed by atoms with Crippen LogP contribution in [0, 0.1) is 0 Å². The molecule has 6 heteroatoms. The number of ether oxygens (including phenoxy) is 1. The van der Waals surface area contributed by atoms with Crippen LogP contribution in [0.5, 0.6) is 0 Å². The Kier molecular flexibility index (Phi) is 6.85. The van der Waals surface area contributed by atoms with Crippen LogP contribution in [-0.2, 0) is 11.3 Å². The zero-order valence-corrected chi connectivity index (χ0v) is 12.8. The normalized spacial score (nSPS) is 15.5. The molecule has 0 aromatic carbocycles. The van der Waals surface area contributed by atoms with Crippen LogP contribution in [-0.4, -0.2) is 54.5 Å². The van der Waals surface area contributed by atoms with Crippen molar-refractivity contribution in [3.05, 3.63) is 18.0 Å². The van der Waals surface area contributed by atoms with E-state index in [2.05, 4.69) is 20.2 Å². The van der Waals surface area contributed by atoms with Gasteiger partial charge in [0.1, 0.15) is 0 Å². The molecule has 1 aromatic heterocycles. The van der Waals surface area contributed by atoms with E-state index < -0.39 is 0 Å². The van der Waals surface area contributed by atoms with Crippen molar-refractivity contribution in [1.29, 1.82) is 0 Å². The minimum Gasteiger partial charge on any atom is -0.395 e. The monoisotopic (exact) mass is 294 g/mol. The molecule has 2 rings (SSSR count). The summed E-state index contributed by atoms with van der Waals surface area (Å²) in [6, 6.07) is 0.475. The van der Waals surface area contributed by atoms with E-state index in [0.29, 0.717) is 19.2 Å². The quantitative estimate of drug-likeness (QED) is 0.661. The number of hydrogen-bond donors (Lipinski definition) is 2. The van der Waals surface area contributed by atoms with Gasteiger partial charge in [0.2, 0.25) is 5.95 Å². The number of aliphatic hydroxyl groups excluding tert-OH is 1. The summed E-state index contributed by atoms with van der Waals surface area (Å²) < 4.78 is 4.99. The van der Waals surface area contributed by atoms with Crippen LogP contribution in [0.25, 0.3) is 0 Å². The lowest BCUT2D eigenvalue weighted by Crippen LogP contribution is -2.37. The SMILES string of the molecule is COCCNCc1cnc(N(CCO)C2CCCC2)nc1. The van der Waals surface area contributed by atoms with E-state index in [9.17, 15) is 5.11 Å². The first kappa shape index (κ1) is 16.1. The van der Waals surface area contributed by atoms with Gasteiger partial charge in [0.05, 0.1) is 13.2 Å². The molecule has 1 aliphatic carbocycles. The smallest absolute Gasteiger partial charge is 0.225 e. The minimum absolute atomic E-state index is 0.139. The molecule has 118 valence electrons. The van der Waals surface area contributed by atoms with E-state index in [1.54, 1.807) is 7.11 Å². The second-order valence-corrected chi connectivity index (χ2v) is 5.42. The predicted molar refractivity (Wildman–Crippen MR) is 82.3 cm³/mol. The molecule has 1 saturated carbocycles. The molecule has 0 bridgehead atoms. The molecule has 2 N–H and O–H groups in total. The molecule has 1 aliphatic rings. The van der Waals surface area contributed by atoms with E-state index in [4.69, 9.17) is 4.74 Å². The van der Waals surface area contributed by atoms with Crippen molar-refractivity contribution in [2.45, 2.75) is 38.3 Å². The third kappa shape index (κ3) is 4.91. The standard InChI is InChI=1S/C15H26N4O2/c1-21-9-6-16-10-13-11-17-15(18-12-13)19(7-8-20)14-4-2-3-5-14/h11-12,14,16,20H,2-10H2,1H3. The zero-order valence-electron chi connectivity index (χ0n) is 12.8. The second-order valence-electron chi connectivity index (χ2n) is 5.42. The van der Waals surface area contributed by atoms with E-state index >= 15 is 0 Å². The van der Waals surface area contributed by atoms with Gasteiger partial charge >= 0.3 is 0 Å². The van der Waals surface area contributed by atoms with Gasteiger partial charge in [0.25, 0.3) is 0 Å². The van der Waals surface area contributed by atoms with Gasteiger partial charge < -0.3 is 20.1 Å². The van der Waals surface area contributed by atoms with Crippen molar-refractivity contribution < 1.29 is 9.84 Å². The third-order valence-corrected chi connectivity index (χ3v) is 3.87. The topological polar surface area (TPSA) is 70.5 Å². The summed E-state index contributed by atoms with van der Waals surface area (Å²) in [5, 5.41) is 12.5. The molecule has 1 heterocycles. The highest BCUT2D eigenvalue weighted by atomic mass is 16.5. The third-order valence-electron chi connectivity index (χ3n) is 3.87. The van der Waals surface area contributed by atoms with Crippen LogP contribution >= 0.6 is 0 Å². The highest BCUT2D eigenvalue weighted by Crippen LogP contribution is 2.25. The van der Waals surface area contributed by atoms with E-state index in [-0.39, 0.29) is 6.61 Å². The number of anilines is 1. The van der Waals surface area contributed by atoms with Gasteiger partial charge in [-0.15, -0.1) is 0 Å². The lowest BCUT2D eigenvalue weighted by atomic mass is 10.2. The van der Waals surface area contributed by atoms with E-state index in [0.717, 1.165) is 24.6 Å². The summed E-state index contributed by atoms with van der Waals surface area (Å²) in [6.07, 6.45) is 8.58. The Morgan fingerprint density at radius 1 is 1.33 bits per heavy atom. The molecular formula is C15H26N4O2. The second kappa shape index (κ2) is 8.92. The highest BCUT2D eigenvalue weighted by molar-refractivity contribution is 5.32. The van der Waals surface area contributed by atoms with Gasteiger partial charge in [0.15, 0.2) is 0 Å². The fourth-order valence-corrected chi connectivity index (χ4v) is 2.76. The molecule has 6 nitrogen and oxygen atoms in total. The van der Waals surface area contributed by atoms with Crippen LogP contribution in [0.1, 0.15) is 31.2 Å². The molecule has 0 saturated heterocycles. The maximum absolute atomic E-state index is 9.26. The van der Waals surface area contributed by atoms with E-state index in [1.807, 2.05) is 12.4 Å². The molecule has 0 aliphatic heterocycles. The molecule has 0 spiro atoms. The Hall–Kier alpha value is -1.24. The average molecular weight is 294 g/mol. The Labute approximate surface area is 126 Å². The fraction of sp³-hybridized carbons (Fsp3) is 0.733. The van der Waals surface area contributed by atoms with Gasteiger partial charge in [-0.2, -0.15) is 0 Å². The van der Waals surface area contributed by atoms with Crippen LogP contribution < -0.4 is 10.2 Å². The molecule has 0 amide bonds. The Morgan fingerprint density at radius 3 is 2.67 bits per heavy atom. The first-order chi connectivity index (χ1) is 10.3. The highest BCUT2D eigenvalue weighted by Gasteiger charge is 2.24. The number of aromatic nitrogens is 2. The maximum atomic E-state index is 9.26. The lowest BCUT2D eigenvalue weighted by Gasteiger charge is -2.28. The number of rotatable bonds is 9. The first-order valence-electron chi connectivity index (χ1n) is 7.73. The molecule has 21 heavy (non-hydrogen) atoms. The lowest BCUT2D eigenvalue weighted by molar-refractivity contribution is 0.199. The molecule has 0 radical (unpaired) electrons. The molecular weight excluding hydrogens is 268 g/mol. The van der Waals surface area contributed by atoms with Crippen LogP contribution in [0.15, 0.2) is 12.4 Å². The largest absolute Gasteiger partial charge is 0.395 e. The zero-order chi connectivity index (χ0) is 14.9. The van der Waals surface area contributed by atoms with Crippen molar-refractivity contribution in [3.63, 3.8) is 0 Å². The van der Waals surface area contributed by atoms with Gasteiger partial charge in [-0.1, -0.05) is 12.8 Å². The molecule has 0 atom stereocenters. The first-order valence-corrected chi connectivity index (χ1v) is 7.73. The molecule has 1 fully saturated rings. The van der Waals surface area contributed by atoms with Crippen molar-refractivity contribution in [3.8, 4) is 0 Å².